The molecule has 0 radical (unpaired) electrons. The van der Waals surface area contributed by atoms with Gasteiger partial charge in [0.15, 0.2) is 0 Å². The van der Waals surface area contributed by atoms with Crippen LogP contribution in [0.15, 0.2) is 30.9 Å². The molecule has 0 aromatic heterocycles. The van der Waals surface area contributed by atoms with Crippen LogP contribution in [0.3, 0.4) is 0 Å². The predicted octanol–water partition coefficient (Wildman–Crippen LogP) is 4.43. The van der Waals surface area contributed by atoms with E-state index < -0.39 is 0 Å². The maximum Gasteiger partial charge on any atom is 0.0343 e. The minimum Gasteiger partial charge on any atom is -0.388 e. The number of nitrogens with one attached hydrogen (secondary N) is 1. The molecular weight excluding hydrogens is 182 g/mol. The molecule has 0 aliphatic carbocycles. The van der Waals surface area contributed by atoms with E-state index in [2.05, 4.69) is 30.1 Å². The molecule has 1 nitrogen and oxygen atoms in total. The molecule has 0 unspecified atom stereocenters. The smallest absolute Gasteiger partial charge is 0.0343 e. The monoisotopic (exact) mass is 203 g/mol. The molecule has 1 heteroatoms. The van der Waals surface area contributed by atoms with E-state index >= 15 is 0 Å². The summed E-state index contributed by atoms with van der Waals surface area (Å²) in [6.07, 6.45) is 5.98. The molecule has 0 saturated carbocycles. The van der Waals surface area contributed by atoms with Crippen LogP contribution in [-0.2, 0) is 0 Å². The summed E-state index contributed by atoms with van der Waals surface area (Å²) in [6, 6.07) is 6.22. The maximum atomic E-state index is 3.78. The van der Waals surface area contributed by atoms with Gasteiger partial charge in [0.05, 0.1) is 0 Å². The van der Waals surface area contributed by atoms with E-state index in [1.54, 1.807) is 0 Å². The Bertz CT molecular complexity index is 324. The molecule has 1 aromatic rings. The van der Waals surface area contributed by atoms with Gasteiger partial charge in [0, 0.05) is 12.7 Å². The number of hydrogen-bond donors (Lipinski definition) is 1. The second kappa shape index (κ2) is 7.86. The summed E-state index contributed by atoms with van der Waals surface area (Å²) >= 11 is 0. The van der Waals surface area contributed by atoms with Crippen LogP contribution >= 0.6 is 0 Å². The highest BCUT2D eigenvalue weighted by molar-refractivity contribution is 5.68. The molecule has 1 rings (SSSR count). The van der Waals surface area contributed by atoms with Gasteiger partial charge in [-0.1, -0.05) is 44.7 Å². The lowest BCUT2D eigenvalue weighted by molar-refractivity contribution is 1.49. The Balaban J connectivity index is 0.000000921. The predicted molar refractivity (Wildman–Crippen MR) is 72.1 cm³/mol. The van der Waals surface area contributed by atoms with Crippen LogP contribution < -0.4 is 5.32 Å². The Morgan fingerprint density at radius 2 is 1.87 bits per heavy atom. The van der Waals surface area contributed by atoms with Crippen molar-refractivity contribution in [1.82, 2.24) is 0 Å². The molecule has 0 heterocycles. The Morgan fingerprint density at radius 1 is 1.20 bits per heavy atom. The Kier molecular flexibility index (Phi) is 7.08. The van der Waals surface area contributed by atoms with E-state index in [0.29, 0.717) is 0 Å². The van der Waals surface area contributed by atoms with Crippen molar-refractivity contribution >= 4 is 17.8 Å². The molecule has 0 spiro atoms. The molecule has 0 atom stereocenters. The maximum absolute atomic E-state index is 3.78. The summed E-state index contributed by atoms with van der Waals surface area (Å²) in [5.74, 6) is 0. The van der Waals surface area contributed by atoms with Crippen LogP contribution in [0.2, 0.25) is 0 Å². The van der Waals surface area contributed by atoms with Crippen molar-refractivity contribution in [3.8, 4) is 0 Å². The van der Waals surface area contributed by atoms with Crippen LogP contribution in [0, 0.1) is 0 Å². The molecule has 82 valence electrons. The summed E-state index contributed by atoms with van der Waals surface area (Å²) in [5, 5.41) is 3.11. The quantitative estimate of drug-likeness (QED) is 0.766. The fraction of sp³-hybridized carbons (Fsp3) is 0.286. The first-order valence-electron chi connectivity index (χ1n) is 5.38. The Labute approximate surface area is 93.5 Å². The third-order valence-corrected chi connectivity index (χ3v) is 1.94. The van der Waals surface area contributed by atoms with Crippen LogP contribution in [0.5, 0.6) is 0 Å². The van der Waals surface area contributed by atoms with Gasteiger partial charge in [-0.15, -0.1) is 0 Å². The lowest BCUT2D eigenvalue weighted by Gasteiger charge is -2.04. The third kappa shape index (κ3) is 4.03. The highest BCUT2D eigenvalue weighted by atomic mass is 14.8. The number of benzene rings is 1. The van der Waals surface area contributed by atoms with Gasteiger partial charge in [0.2, 0.25) is 0 Å². The third-order valence-electron chi connectivity index (χ3n) is 1.94. The first-order chi connectivity index (χ1) is 7.31. The summed E-state index contributed by atoms with van der Waals surface area (Å²) < 4.78 is 0. The average molecular weight is 203 g/mol. The van der Waals surface area contributed by atoms with Gasteiger partial charge in [-0.05, 0) is 30.2 Å². The van der Waals surface area contributed by atoms with Gasteiger partial charge in [-0.3, -0.25) is 0 Å². The average Bonchev–Trinajstić information content (AvgIpc) is 2.32. The topological polar surface area (TPSA) is 12.0 Å². The van der Waals surface area contributed by atoms with E-state index in [1.807, 2.05) is 46.0 Å². The summed E-state index contributed by atoms with van der Waals surface area (Å²) in [6.45, 7) is 9.79. The fourth-order valence-corrected chi connectivity index (χ4v) is 1.24. The van der Waals surface area contributed by atoms with Gasteiger partial charge in [0.1, 0.15) is 0 Å². The van der Waals surface area contributed by atoms with Gasteiger partial charge < -0.3 is 5.32 Å². The molecule has 0 bridgehead atoms. The zero-order chi connectivity index (χ0) is 11.7. The van der Waals surface area contributed by atoms with Gasteiger partial charge in [0.25, 0.3) is 0 Å². The highest BCUT2D eigenvalue weighted by Crippen LogP contribution is 2.17. The lowest BCUT2D eigenvalue weighted by atomic mass is 10.1. The van der Waals surface area contributed by atoms with Crippen LogP contribution in [0.1, 0.15) is 31.9 Å². The van der Waals surface area contributed by atoms with E-state index in [-0.39, 0.29) is 0 Å². The van der Waals surface area contributed by atoms with E-state index in [4.69, 9.17) is 0 Å². The van der Waals surface area contributed by atoms with Crippen molar-refractivity contribution in [2.24, 2.45) is 0 Å². The van der Waals surface area contributed by atoms with Gasteiger partial charge in [-0.2, -0.15) is 0 Å². The van der Waals surface area contributed by atoms with Gasteiger partial charge in [-0.25, -0.2) is 0 Å². The van der Waals surface area contributed by atoms with Gasteiger partial charge >= 0.3 is 0 Å². The largest absolute Gasteiger partial charge is 0.388 e. The van der Waals surface area contributed by atoms with Crippen LogP contribution in [0.4, 0.5) is 5.69 Å². The number of hydrogen-bond acceptors (Lipinski definition) is 1. The number of rotatable bonds is 3. The minimum atomic E-state index is 1.12. The Morgan fingerprint density at radius 3 is 2.33 bits per heavy atom. The second-order valence-electron chi connectivity index (χ2n) is 2.80. The van der Waals surface area contributed by atoms with Crippen LogP contribution in [-0.4, -0.2) is 7.05 Å². The fourth-order valence-electron chi connectivity index (χ4n) is 1.24. The van der Waals surface area contributed by atoms with E-state index in [9.17, 15) is 0 Å². The van der Waals surface area contributed by atoms with Crippen molar-refractivity contribution in [2.45, 2.75) is 20.8 Å². The van der Waals surface area contributed by atoms with Crippen LogP contribution in [0.25, 0.3) is 12.2 Å². The summed E-state index contributed by atoms with van der Waals surface area (Å²) in [5.41, 5.74) is 3.49. The van der Waals surface area contributed by atoms with Crippen molar-refractivity contribution in [3.05, 3.63) is 42.0 Å². The van der Waals surface area contributed by atoms with Crippen molar-refractivity contribution in [3.63, 3.8) is 0 Å². The van der Waals surface area contributed by atoms with Crippen molar-refractivity contribution in [1.29, 1.82) is 0 Å². The van der Waals surface area contributed by atoms with Crippen molar-refractivity contribution < 1.29 is 0 Å². The zero-order valence-electron chi connectivity index (χ0n) is 10.2. The molecule has 0 aliphatic heterocycles. The summed E-state index contributed by atoms with van der Waals surface area (Å²) in [4.78, 5) is 0. The van der Waals surface area contributed by atoms with Crippen molar-refractivity contribution in [2.75, 3.05) is 12.4 Å². The normalized spacial score (nSPS) is 9.33. The summed E-state index contributed by atoms with van der Waals surface area (Å²) in [7, 11) is 1.92. The highest BCUT2D eigenvalue weighted by Gasteiger charge is 1.96. The molecule has 0 fully saturated rings. The standard InChI is InChI=1S/C12H15N.C2H6/c1-4-6-11-9-12(13-3)8-7-10(11)5-2;1-2/h4-9,13H,2H2,1,3H3;1-2H3/b6-4-;. The van der Waals surface area contributed by atoms with E-state index in [0.717, 1.165) is 11.3 Å². The first-order valence-corrected chi connectivity index (χ1v) is 5.38. The van der Waals surface area contributed by atoms with E-state index in [1.165, 1.54) is 5.56 Å². The zero-order valence-corrected chi connectivity index (χ0v) is 10.2. The molecule has 0 amide bonds. The SMILES string of the molecule is C=Cc1ccc(NC)cc1/C=C\C.CC. The number of anilines is 1. The number of allylic oxidation sites excluding steroid dienone is 1. The molecule has 0 saturated heterocycles. The Hall–Kier alpha value is -1.50. The molecule has 1 N–H and O–H groups in total. The molecule has 1 aromatic carbocycles. The molecular formula is C14H21N. The lowest BCUT2D eigenvalue weighted by Crippen LogP contribution is -1.89. The second-order valence-corrected chi connectivity index (χ2v) is 2.80. The first kappa shape index (κ1) is 13.5. The minimum absolute atomic E-state index is 1.12. The molecule has 0 aliphatic rings. The molecule has 15 heavy (non-hydrogen) atoms.